The highest BCUT2D eigenvalue weighted by Gasteiger charge is 2.23. The first-order valence-electron chi connectivity index (χ1n) is 11.3. The average Bonchev–Trinajstić information content (AvgIpc) is 2.92. The van der Waals surface area contributed by atoms with E-state index in [1.54, 1.807) is 42.5 Å². The van der Waals surface area contributed by atoms with E-state index in [1.807, 2.05) is 6.07 Å². The minimum Gasteiger partial charge on any atom is -0.394 e. The highest BCUT2D eigenvalue weighted by Crippen LogP contribution is 2.26. The molecule has 2 aromatic carbocycles. The number of benzene rings is 2. The second kappa shape index (κ2) is 10.6. The van der Waals surface area contributed by atoms with Crippen LogP contribution in [0.2, 0.25) is 5.02 Å². The largest absolute Gasteiger partial charge is 0.394 e. The van der Waals surface area contributed by atoms with Crippen LogP contribution in [0.5, 0.6) is 0 Å². The van der Waals surface area contributed by atoms with Gasteiger partial charge in [-0.15, -0.1) is 0 Å². The van der Waals surface area contributed by atoms with Crippen molar-refractivity contribution in [1.29, 1.82) is 0 Å². The van der Waals surface area contributed by atoms with Gasteiger partial charge in [0.05, 0.1) is 34.4 Å². The fourth-order valence-electron chi connectivity index (χ4n) is 3.83. The number of aliphatic hydroxyl groups is 1. The Morgan fingerprint density at radius 3 is 2.61 bits per heavy atom. The van der Waals surface area contributed by atoms with E-state index in [0.29, 0.717) is 16.9 Å². The standard InChI is InChI=1S/C27H19ClFN7O2/c28-20-7-4-8-21-23(20)27(38)36(18-5-2-1-3-6-18)26(35-21)22(14-37)34-25-19(24(30)32-15-33-25)12-11-17-10-9-16(29)13-31-17/h1-10,13,15,22,37H,14H2,(H3,30,32,33,34)/t22-/m0/s1. The predicted octanol–water partition coefficient (Wildman–Crippen LogP) is 3.49. The Morgan fingerprint density at radius 2 is 1.87 bits per heavy atom. The van der Waals surface area contributed by atoms with Crippen molar-refractivity contribution in [2.45, 2.75) is 6.04 Å². The molecule has 0 fully saturated rings. The number of nitrogens with zero attached hydrogens (tertiary/aromatic N) is 5. The lowest BCUT2D eigenvalue weighted by atomic mass is 10.1. The van der Waals surface area contributed by atoms with Crippen LogP contribution >= 0.6 is 11.6 Å². The Balaban J connectivity index is 1.64. The van der Waals surface area contributed by atoms with E-state index >= 15 is 0 Å². The van der Waals surface area contributed by atoms with Gasteiger partial charge in [0, 0.05) is 0 Å². The third kappa shape index (κ3) is 4.88. The molecular formula is C27H19ClFN7O2. The molecular weight excluding hydrogens is 509 g/mol. The van der Waals surface area contributed by atoms with Gasteiger partial charge in [-0.3, -0.25) is 9.36 Å². The number of aliphatic hydroxyl groups excluding tert-OH is 1. The minimum atomic E-state index is -0.912. The molecule has 5 rings (SSSR count). The number of pyridine rings is 1. The number of nitrogens with one attached hydrogen (secondary N) is 1. The van der Waals surface area contributed by atoms with Crippen LogP contribution in [0.4, 0.5) is 16.0 Å². The molecule has 1 atom stereocenters. The topological polar surface area (TPSA) is 132 Å². The van der Waals surface area contributed by atoms with E-state index in [0.717, 1.165) is 6.20 Å². The van der Waals surface area contributed by atoms with E-state index in [9.17, 15) is 14.3 Å². The smallest absolute Gasteiger partial charge is 0.267 e. The molecule has 38 heavy (non-hydrogen) atoms. The lowest BCUT2D eigenvalue weighted by Crippen LogP contribution is -2.30. The Hall–Kier alpha value is -4.85. The van der Waals surface area contributed by atoms with Crippen molar-refractivity contribution in [2.24, 2.45) is 0 Å². The summed E-state index contributed by atoms with van der Waals surface area (Å²) in [4.78, 5) is 30.5. The molecule has 0 aliphatic carbocycles. The van der Waals surface area contributed by atoms with E-state index in [1.165, 1.54) is 23.0 Å². The summed E-state index contributed by atoms with van der Waals surface area (Å²) in [5.74, 6) is 5.67. The van der Waals surface area contributed by atoms with Crippen molar-refractivity contribution in [3.63, 3.8) is 0 Å². The van der Waals surface area contributed by atoms with Crippen molar-refractivity contribution in [3.05, 3.63) is 111 Å². The van der Waals surface area contributed by atoms with Gasteiger partial charge in [0.25, 0.3) is 5.56 Å². The van der Waals surface area contributed by atoms with E-state index in [-0.39, 0.29) is 33.4 Å². The van der Waals surface area contributed by atoms with E-state index in [2.05, 4.69) is 32.1 Å². The molecule has 0 spiro atoms. The SMILES string of the molecule is Nc1ncnc(N[C@@H](CO)c2nc3cccc(Cl)c3c(=O)n2-c2ccccc2)c1C#Cc1ccc(F)cn1. The average molecular weight is 528 g/mol. The maximum Gasteiger partial charge on any atom is 0.267 e. The molecule has 0 radical (unpaired) electrons. The van der Waals surface area contributed by atoms with Crippen molar-refractivity contribution < 1.29 is 9.50 Å². The summed E-state index contributed by atoms with van der Waals surface area (Å²) in [6.07, 6.45) is 2.29. The van der Waals surface area contributed by atoms with Crippen LogP contribution in [-0.4, -0.2) is 36.2 Å². The van der Waals surface area contributed by atoms with Crippen LogP contribution in [0.3, 0.4) is 0 Å². The summed E-state index contributed by atoms with van der Waals surface area (Å²) >= 11 is 6.36. The minimum absolute atomic E-state index is 0.0764. The number of hydrogen-bond acceptors (Lipinski definition) is 8. The van der Waals surface area contributed by atoms with Gasteiger partial charge in [0.1, 0.15) is 46.9 Å². The third-order valence-corrected chi connectivity index (χ3v) is 5.93. The summed E-state index contributed by atoms with van der Waals surface area (Å²) in [6.45, 7) is -0.457. The molecule has 11 heteroatoms. The van der Waals surface area contributed by atoms with Crippen molar-refractivity contribution in [1.82, 2.24) is 24.5 Å². The highest BCUT2D eigenvalue weighted by atomic mass is 35.5. The molecule has 5 aromatic rings. The van der Waals surface area contributed by atoms with E-state index in [4.69, 9.17) is 22.3 Å². The van der Waals surface area contributed by atoms with Crippen LogP contribution in [0, 0.1) is 17.7 Å². The van der Waals surface area contributed by atoms with Crippen molar-refractivity contribution in [3.8, 4) is 17.5 Å². The fourth-order valence-corrected chi connectivity index (χ4v) is 4.08. The van der Waals surface area contributed by atoms with Crippen LogP contribution in [0.1, 0.15) is 23.1 Å². The molecule has 188 valence electrons. The van der Waals surface area contributed by atoms with Gasteiger partial charge >= 0.3 is 0 Å². The maximum atomic E-state index is 13.7. The molecule has 0 unspecified atom stereocenters. The molecule has 0 amide bonds. The molecule has 3 aromatic heterocycles. The first-order chi connectivity index (χ1) is 18.5. The molecule has 0 saturated heterocycles. The van der Waals surface area contributed by atoms with Crippen molar-refractivity contribution in [2.75, 3.05) is 17.7 Å². The summed E-state index contributed by atoms with van der Waals surface area (Å²) in [5.41, 5.74) is 7.13. The van der Waals surface area contributed by atoms with Gasteiger partial charge in [-0.05, 0) is 42.3 Å². The Bertz CT molecular complexity index is 1750. The second-order valence-corrected chi connectivity index (χ2v) is 8.46. The summed E-state index contributed by atoms with van der Waals surface area (Å²) in [7, 11) is 0. The number of rotatable bonds is 5. The summed E-state index contributed by atoms with van der Waals surface area (Å²) < 4.78 is 14.6. The normalized spacial score (nSPS) is 11.6. The number of para-hydroxylation sites is 1. The number of aromatic nitrogens is 5. The zero-order valence-corrected chi connectivity index (χ0v) is 20.4. The lowest BCUT2D eigenvalue weighted by Gasteiger charge is -2.22. The summed E-state index contributed by atoms with van der Waals surface area (Å²) in [5, 5.41) is 14.0. The molecule has 3 heterocycles. The number of anilines is 2. The van der Waals surface area contributed by atoms with Gasteiger partial charge in [-0.1, -0.05) is 41.8 Å². The Labute approximate surface area is 220 Å². The second-order valence-electron chi connectivity index (χ2n) is 8.05. The zero-order valence-electron chi connectivity index (χ0n) is 19.6. The third-order valence-electron chi connectivity index (χ3n) is 5.61. The first-order valence-corrected chi connectivity index (χ1v) is 11.7. The zero-order chi connectivity index (χ0) is 26.6. The molecule has 0 saturated carbocycles. The van der Waals surface area contributed by atoms with Crippen LogP contribution < -0.4 is 16.6 Å². The van der Waals surface area contributed by atoms with Crippen LogP contribution in [0.25, 0.3) is 16.6 Å². The van der Waals surface area contributed by atoms with Gasteiger partial charge in [-0.2, -0.15) is 0 Å². The van der Waals surface area contributed by atoms with Crippen molar-refractivity contribution >= 4 is 34.1 Å². The number of halogens is 2. The molecule has 9 nitrogen and oxygen atoms in total. The number of fused-ring (bicyclic) bond motifs is 1. The highest BCUT2D eigenvalue weighted by molar-refractivity contribution is 6.35. The van der Waals surface area contributed by atoms with E-state index < -0.39 is 24.0 Å². The molecule has 0 aliphatic heterocycles. The summed E-state index contributed by atoms with van der Waals surface area (Å²) in [6, 6.07) is 15.6. The Kier molecular flexibility index (Phi) is 6.95. The molecule has 4 N–H and O–H groups in total. The lowest BCUT2D eigenvalue weighted by molar-refractivity contribution is 0.270. The maximum absolute atomic E-state index is 13.7. The van der Waals surface area contributed by atoms with Crippen LogP contribution in [0.15, 0.2) is 78.0 Å². The molecule has 0 bridgehead atoms. The first kappa shape index (κ1) is 24.8. The van der Waals surface area contributed by atoms with Gasteiger partial charge < -0.3 is 16.2 Å². The fraction of sp³-hybridized carbons (Fsp3) is 0.0741. The van der Waals surface area contributed by atoms with Gasteiger partial charge in [0.15, 0.2) is 0 Å². The van der Waals surface area contributed by atoms with Crippen LogP contribution in [-0.2, 0) is 0 Å². The van der Waals surface area contributed by atoms with Gasteiger partial charge in [-0.25, -0.2) is 24.3 Å². The number of nitrogens with two attached hydrogens (primary N) is 1. The molecule has 0 aliphatic rings. The number of hydrogen-bond donors (Lipinski definition) is 3. The number of nitrogen functional groups attached to an aromatic ring is 1. The quantitative estimate of drug-likeness (QED) is 0.296. The van der Waals surface area contributed by atoms with Gasteiger partial charge in [0.2, 0.25) is 0 Å². The Morgan fingerprint density at radius 1 is 1.05 bits per heavy atom. The predicted molar refractivity (Wildman–Crippen MR) is 142 cm³/mol. The monoisotopic (exact) mass is 527 g/mol.